The monoisotopic (exact) mass is 190 g/mol. The Morgan fingerprint density at radius 3 is 2.71 bits per heavy atom. The van der Waals surface area contributed by atoms with E-state index in [0.717, 1.165) is 13.0 Å². The molecule has 1 aromatic carbocycles. The van der Waals surface area contributed by atoms with E-state index < -0.39 is 0 Å². The fourth-order valence-electron chi connectivity index (χ4n) is 1.97. The maximum absolute atomic E-state index is 11.2. The van der Waals surface area contributed by atoms with Crippen LogP contribution in [0.1, 0.15) is 11.1 Å². The van der Waals surface area contributed by atoms with Gasteiger partial charge in [0.2, 0.25) is 5.91 Å². The molecular formula is C11H14N2O. The van der Waals surface area contributed by atoms with Gasteiger partial charge in [0, 0.05) is 6.54 Å². The highest BCUT2D eigenvalue weighted by Gasteiger charge is 2.26. The molecule has 0 saturated heterocycles. The van der Waals surface area contributed by atoms with E-state index in [0.29, 0.717) is 0 Å². The normalized spacial score (nSPS) is 21.6. The van der Waals surface area contributed by atoms with Gasteiger partial charge in [0.15, 0.2) is 0 Å². The first kappa shape index (κ1) is 9.21. The van der Waals surface area contributed by atoms with Gasteiger partial charge in [0.1, 0.15) is 0 Å². The van der Waals surface area contributed by atoms with Crippen LogP contribution in [0.25, 0.3) is 0 Å². The van der Waals surface area contributed by atoms with Gasteiger partial charge in [-0.2, -0.15) is 0 Å². The lowest BCUT2D eigenvalue weighted by atomic mass is 9.94. The molecule has 0 spiro atoms. The third kappa shape index (κ3) is 1.51. The van der Waals surface area contributed by atoms with Crippen LogP contribution < -0.4 is 5.73 Å². The molecule has 1 aliphatic rings. The summed E-state index contributed by atoms with van der Waals surface area (Å²) in [6.07, 6.45) is 0.738. The number of benzene rings is 1. The van der Waals surface area contributed by atoms with Crippen LogP contribution in [0.2, 0.25) is 0 Å². The minimum absolute atomic E-state index is 0.148. The summed E-state index contributed by atoms with van der Waals surface area (Å²) >= 11 is 0. The molecule has 14 heavy (non-hydrogen) atoms. The first-order valence-electron chi connectivity index (χ1n) is 4.75. The van der Waals surface area contributed by atoms with Crippen molar-refractivity contribution in [3.63, 3.8) is 0 Å². The Bertz CT molecular complexity index is 362. The number of amides is 1. The first-order chi connectivity index (χ1) is 6.68. The van der Waals surface area contributed by atoms with Crippen molar-refractivity contribution in [1.82, 2.24) is 4.90 Å². The second kappa shape index (κ2) is 3.42. The molecule has 0 fully saturated rings. The van der Waals surface area contributed by atoms with Crippen LogP contribution in [-0.2, 0) is 17.8 Å². The van der Waals surface area contributed by atoms with Crippen molar-refractivity contribution >= 4 is 5.91 Å². The highest BCUT2D eigenvalue weighted by atomic mass is 16.1. The van der Waals surface area contributed by atoms with Crippen LogP contribution >= 0.6 is 0 Å². The van der Waals surface area contributed by atoms with Gasteiger partial charge < -0.3 is 5.73 Å². The molecule has 3 heteroatoms. The number of fused-ring (bicyclic) bond motifs is 1. The zero-order chi connectivity index (χ0) is 10.1. The van der Waals surface area contributed by atoms with E-state index in [4.69, 9.17) is 5.73 Å². The maximum atomic E-state index is 11.2. The summed E-state index contributed by atoms with van der Waals surface area (Å²) in [5.74, 6) is -0.234. The van der Waals surface area contributed by atoms with Gasteiger partial charge in [-0.1, -0.05) is 24.3 Å². The molecule has 0 unspecified atom stereocenters. The number of nitrogens with zero attached hydrogens (tertiary/aromatic N) is 1. The Labute approximate surface area is 83.5 Å². The van der Waals surface area contributed by atoms with Gasteiger partial charge >= 0.3 is 0 Å². The highest BCUT2D eigenvalue weighted by molar-refractivity contribution is 5.80. The second-order valence-corrected chi connectivity index (χ2v) is 3.81. The average molecular weight is 190 g/mol. The summed E-state index contributed by atoms with van der Waals surface area (Å²) < 4.78 is 0. The smallest absolute Gasteiger partial charge is 0.235 e. The van der Waals surface area contributed by atoms with Gasteiger partial charge in [-0.25, -0.2) is 0 Å². The van der Waals surface area contributed by atoms with Crippen molar-refractivity contribution in [2.24, 2.45) is 5.73 Å². The molecule has 0 aliphatic carbocycles. The Hall–Kier alpha value is -1.35. The number of carbonyl (C=O) groups is 1. The van der Waals surface area contributed by atoms with Crippen LogP contribution in [0.5, 0.6) is 0 Å². The highest BCUT2D eigenvalue weighted by Crippen LogP contribution is 2.21. The number of primary amides is 1. The molecule has 1 aliphatic heterocycles. The molecule has 2 N–H and O–H groups in total. The molecule has 1 aromatic rings. The van der Waals surface area contributed by atoms with Crippen LogP contribution in [0.4, 0.5) is 0 Å². The fourth-order valence-corrected chi connectivity index (χ4v) is 1.97. The molecule has 74 valence electrons. The third-order valence-corrected chi connectivity index (χ3v) is 2.81. The van der Waals surface area contributed by atoms with Gasteiger partial charge in [-0.05, 0) is 24.6 Å². The minimum Gasteiger partial charge on any atom is -0.368 e. The van der Waals surface area contributed by atoms with Crippen molar-refractivity contribution in [3.8, 4) is 0 Å². The van der Waals surface area contributed by atoms with Crippen molar-refractivity contribution in [1.29, 1.82) is 0 Å². The maximum Gasteiger partial charge on any atom is 0.235 e. The first-order valence-corrected chi connectivity index (χ1v) is 4.75. The predicted octanol–water partition coefficient (Wildman–Crippen LogP) is 0.528. The largest absolute Gasteiger partial charge is 0.368 e. The van der Waals surface area contributed by atoms with Crippen molar-refractivity contribution in [3.05, 3.63) is 35.4 Å². The van der Waals surface area contributed by atoms with Crippen LogP contribution in [0.3, 0.4) is 0 Å². The topological polar surface area (TPSA) is 46.3 Å². The standard InChI is InChI=1S/C11H14N2O/c1-13-7-9-5-3-2-4-8(9)6-10(13)11(12)14/h2-5,10H,6-7H2,1H3,(H2,12,14)/t10-/m1/s1. The summed E-state index contributed by atoms with van der Waals surface area (Å²) in [4.78, 5) is 13.2. The lowest BCUT2D eigenvalue weighted by Crippen LogP contribution is -2.46. The van der Waals surface area contributed by atoms with Crippen molar-refractivity contribution < 1.29 is 4.79 Å². The second-order valence-electron chi connectivity index (χ2n) is 3.81. The van der Waals surface area contributed by atoms with E-state index in [1.165, 1.54) is 11.1 Å². The lowest BCUT2D eigenvalue weighted by Gasteiger charge is -2.31. The minimum atomic E-state index is -0.234. The molecule has 2 rings (SSSR count). The van der Waals surface area contributed by atoms with Gasteiger partial charge in [0.05, 0.1) is 6.04 Å². The van der Waals surface area contributed by atoms with Gasteiger partial charge in [-0.15, -0.1) is 0 Å². The zero-order valence-electron chi connectivity index (χ0n) is 8.23. The van der Waals surface area contributed by atoms with Crippen LogP contribution in [0.15, 0.2) is 24.3 Å². The Kier molecular flexibility index (Phi) is 2.25. The number of rotatable bonds is 1. The van der Waals surface area contributed by atoms with Crippen LogP contribution in [0, 0.1) is 0 Å². The van der Waals surface area contributed by atoms with E-state index in [-0.39, 0.29) is 11.9 Å². The summed E-state index contributed by atoms with van der Waals surface area (Å²) in [6.45, 7) is 0.809. The summed E-state index contributed by atoms with van der Waals surface area (Å²) in [5.41, 5.74) is 7.88. The molecule has 3 nitrogen and oxygen atoms in total. The molecule has 1 atom stereocenters. The van der Waals surface area contributed by atoms with E-state index in [2.05, 4.69) is 12.1 Å². The number of hydrogen-bond donors (Lipinski definition) is 1. The quantitative estimate of drug-likeness (QED) is 0.702. The number of likely N-dealkylation sites (N-methyl/N-ethyl adjacent to an activating group) is 1. The summed E-state index contributed by atoms with van der Waals surface area (Å²) in [6, 6.07) is 8.05. The zero-order valence-corrected chi connectivity index (χ0v) is 8.23. The fraction of sp³-hybridized carbons (Fsp3) is 0.364. The Morgan fingerprint density at radius 2 is 2.07 bits per heavy atom. The molecule has 1 amide bonds. The van der Waals surface area contributed by atoms with Crippen molar-refractivity contribution in [2.75, 3.05) is 7.05 Å². The molecule has 0 aromatic heterocycles. The van der Waals surface area contributed by atoms with Gasteiger partial charge in [0.25, 0.3) is 0 Å². The van der Waals surface area contributed by atoms with E-state index in [1.807, 2.05) is 24.1 Å². The summed E-state index contributed by atoms with van der Waals surface area (Å²) in [7, 11) is 1.94. The SMILES string of the molecule is CN1Cc2ccccc2C[C@@H]1C(N)=O. The number of hydrogen-bond acceptors (Lipinski definition) is 2. The van der Waals surface area contributed by atoms with E-state index in [1.54, 1.807) is 0 Å². The number of nitrogens with two attached hydrogens (primary N) is 1. The lowest BCUT2D eigenvalue weighted by molar-refractivity contribution is -0.123. The number of carbonyl (C=O) groups excluding carboxylic acids is 1. The summed E-state index contributed by atoms with van der Waals surface area (Å²) in [5, 5.41) is 0. The van der Waals surface area contributed by atoms with Crippen LogP contribution in [-0.4, -0.2) is 23.9 Å². The molecule has 0 radical (unpaired) electrons. The molecule has 0 saturated carbocycles. The molecule has 1 heterocycles. The molecule has 0 bridgehead atoms. The average Bonchev–Trinajstić information content (AvgIpc) is 2.16. The van der Waals surface area contributed by atoms with Gasteiger partial charge in [-0.3, -0.25) is 9.69 Å². The van der Waals surface area contributed by atoms with Crippen molar-refractivity contribution in [2.45, 2.75) is 19.0 Å². The predicted molar refractivity (Wildman–Crippen MR) is 54.6 cm³/mol. The Balaban J connectivity index is 2.31. The van der Waals surface area contributed by atoms with E-state index >= 15 is 0 Å². The third-order valence-electron chi connectivity index (χ3n) is 2.81. The Morgan fingerprint density at radius 1 is 1.43 bits per heavy atom. The molecular weight excluding hydrogens is 176 g/mol. The van der Waals surface area contributed by atoms with E-state index in [9.17, 15) is 4.79 Å².